The Labute approximate surface area is 489 Å². The molecule has 2 saturated heterocycles. The van der Waals surface area contributed by atoms with Crippen LogP contribution >= 0.6 is 8.30 Å². The molecule has 0 spiro atoms. The number of methoxy groups -OCH3 is 2. The maximum Gasteiger partial charge on any atom is 0.330 e. The number of carbonyl (C=O) groups excluding carboxylic acids is 4. The maximum absolute atomic E-state index is 17.6. The van der Waals surface area contributed by atoms with E-state index in [0.29, 0.717) is 17.7 Å². The van der Waals surface area contributed by atoms with Gasteiger partial charge in [0, 0.05) is 57.7 Å². The van der Waals surface area contributed by atoms with E-state index in [2.05, 4.69) is 15.0 Å². The Kier molecular flexibility index (Phi) is 25.8. The Morgan fingerprint density at radius 1 is 0.690 bits per heavy atom. The number of ether oxygens (including phenoxy) is 12. The van der Waals surface area contributed by atoms with Crippen LogP contribution in [0.1, 0.15) is 83.9 Å². The number of halogens is 1. The van der Waals surface area contributed by atoms with Gasteiger partial charge in [0.1, 0.15) is 56.4 Å². The monoisotopic (exact) mass is 1200 g/mol. The number of carbonyl (C=O) groups is 4. The second-order valence-electron chi connectivity index (χ2n) is 20.4. The van der Waals surface area contributed by atoms with Crippen LogP contribution in [0.25, 0.3) is 0 Å². The molecule has 2 aliphatic heterocycles. The number of hydrogen-bond acceptors (Lipinski definition) is 20. The zero-order valence-electron chi connectivity index (χ0n) is 49.5. The van der Waals surface area contributed by atoms with Crippen molar-refractivity contribution >= 4 is 32.1 Å². The molecular weight excluding hydrogens is 1120 g/mol. The van der Waals surface area contributed by atoms with E-state index < -0.39 is 104 Å². The van der Waals surface area contributed by atoms with Crippen molar-refractivity contribution < 1.29 is 84.9 Å². The molecule has 0 bridgehead atoms. The molecular formula is C59H80FN4O19P. The predicted molar refractivity (Wildman–Crippen MR) is 304 cm³/mol. The summed E-state index contributed by atoms with van der Waals surface area (Å²) in [6, 6.07) is 23.4. The standard InChI is InChI=1S/C59H80FN4O19P/c1-36(2)64(37(3)4)84(32-31-75-28-27-73-25-26-74-29-30-76-57-51(61-39(6)65)54(80-42(9)68)53(79-41(8)67)48(82-57)34-77-40(7)66)83-52-49(81-56(50(52)60)63-33-38(5)55(69)62-58(63)70)35-78-59(43-15-13-12-14-16-43,44-17-21-46(71-10)22-18-44)45-19-23-47(72-11)24-20-45/h12-24,33,36-37,48-54,56-57H,25-32,34-35H2,1-11H3,(H,61,65)(H,62,69,70)/t48-,49+,50?,51+,52?,53+,54-,56+,57-,84?/m1/s1. The van der Waals surface area contributed by atoms with Crippen LogP contribution < -0.4 is 26.0 Å². The molecule has 23 nitrogen and oxygen atoms in total. The lowest BCUT2D eigenvalue weighted by Crippen LogP contribution is -2.66. The number of aromatic nitrogens is 2. The summed E-state index contributed by atoms with van der Waals surface area (Å²) in [5.74, 6) is -1.34. The molecule has 10 atom stereocenters. The van der Waals surface area contributed by atoms with E-state index in [9.17, 15) is 28.8 Å². The third-order valence-electron chi connectivity index (χ3n) is 13.6. The molecule has 0 aliphatic carbocycles. The van der Waals surface area contributed by atoms with Crippen LogP contribution in [0, 0.1) is 6.92 Å². The quantitative estimate of drug-likeness (QED) is 0.0197. The van der Waals surface area contributed by atoms with Crippen LogP contribution in [0.15, 0.2) is 94.6 Å². The summed E-state index contributed by atoms with van der Waals surface area (Å²) in [6.45, 7) is 14.8. The number of aromatic amines is 1. The van der Waals surface area contributed by atoms with Crippen LogP contribution in [0.4, 0.5) is 4.39 Å². The van der Waals surface area contributed by atoms with Crippen molar-refractivity contribution in [3.63, 3.8) is 0 Å². The van der Waals surface area contributed by atoms with Crippen LogP contribution in [0.2, 0.25) is 0 Å². The van der Waals surface area contributed by atoms with Gasteiger partial charge in [0.25, 0.3) is 5.56 Å². The van der Waals surface area contributed by atoms with Gasteiger partial charge in [-0.2, -0.15) is 0 Å². The van der Waals surface area contributed by atoms with Gasteiger partial charge in [-0.3, -0.25) is 38.2 Å². The summed E-state index contributed by atoms with van der Waals surface area (Å²) >= 11 is 0. The van der Waals surface area contributed by atoms with Crippen LogP contribution in [0.5, 0.6) is 11.5 Å². The fourth-order valence-corrected chi connectivity index (χ4v) is 12.3. The van der Waals surface area contributed by atoms with Crippen LogP contribution in [-0.2, 0) is 76.7 Å². The van der Waals surface area contributed by atoms with Crippen molar-refractivity contribution in [1.29, 1.82) is 0 Å². The summed E-state index contributed by atoms with van der Waals surface area (Å²) in [5, 5.41) is 2.65. The summed E-state index contributed by atoms with van der Waals surface area (Å²) in [5.41, 5.74) is -0.342. The highest BCUT2D eigenvalue weighted by Gasteiger charge is 2.53. The summed E-state index contributed by atoms with van der Waals surface area (Å²) in [4.78, 5) is 76.5. The van der Waals surface area contributed by atoms with Gasteiger partial charge in [-0.1, -0.05) is 54.6 Å². The van der Waals surface area contributed by atoms with E-state index in [1.807, 2.05) is 107 Å². The third kappa shape index (κ3) is 17.9. The Hall–Kier alpha value is -6.18. The topological polar surface area (TPSA) is 258 Å². The predicted octanol–water partition coefficient (Wildman–Crippen LogP) is 5.64. The number of H-pyrrole nitrogens is 1. The van der Waals surface area contributed by atoms with Gasteiger partial charge < -0.3 is 66.7 Å². The van der Waals surface area contributed by atoms with E-state index >= 15 is 4.39 Å². The van der Waals surface area contributed by atoms with E-state index in [1.165, 1.54) is 27.0 Å². The first kappa shape index (κ1) is 67.0. The minimum Gasteiger partial charge on any atom is -0.497 e. The molecule has 3 heterocycles. The molecule has 3 aromatic carbocycles. The van der Waals surface area contributed by atoms with Crippen molar-refractivity contribution in [3.05, 3.63) is 128 Å². The molecule has 2 N–H and O–H groups in total. The molecule has 0 radical (unpaired) electrons. The molecule has 0 saturated carbocycles. The van der Waals surface area contributed by atoms with Gasteiger partial charge in [-0.15, -0.1) is 0 Å². The molecule has 462 valence electrons. The normalized spacial score (nSPS) is 22.0. The Morgan fingerprint density at radius 2 is 1.21 bits per heavy atom. The minimum absolute atomic E-state index is 0.0495. The van der Waals surface area contributed by atoms with Crippen LogP contribution in [-0.4, -0.2) is 179 Å². The number of esters is 3. The van der Waals surface area contributed by atoms with E-state index in [0.717, 1.165) is 35.1 Å². The summed E-state index contributed by atoms with van der Waals surface area (Å²) < 4.78 is 98.4. The lowest BCUT2D eigenvalue weighted by molar-refractivity contribution is -0.279. The molecule has 3 unspecified atom stereocenters. The summed E-state index contributed by atoms with van der Waals surface area (Å²) in [6.07, 6.45) is -9.05. The first-order valence-corrected chi connectivity index (χ1v) is 29.2. The first-order chi connectivity index (χ1) is 40.2. The van der Waals surface area contributed by atoms with Crippen molar-refractivity contribution in [1.82, 2.24) is 19.5 Å². The third-order valence-corrected chi connectivity index (χ3v) is 16.1. The first-order valence-electron chi connectivity index (χ1n) is 27.8. The Morgan fingerprint density at radius 3 is 1.74 bits per heavy atom. The molecule has 1 amide bonds. The number of alkyl halides is 1. The molecule has 2 fully saturated rings. The number of amides is 1. The lowest BCUT2D eigenvalue weighted by atomic mass is 9.80. The second kappa shape index (κ2) is 32.4. The fraction of sp³-hybridized carbons (Fsp3) is 0.559. The molecule has 1 aromatic heterocycles. The minimum atomic E-state index is -1.92. The van der Waals surface area contributed by atoms with Crippen molar-refractivity contribution in [2.24, 2.45) is 0 Å². The highest BCUT2D eigenvalue weighted by atomic mass is 31.2. The maximum atomic E-state index is 17.6. The van der Waals surface area contributed by atoms with E-state index in [1.54, 1.807) is 14.2 Å². The van der Waals surface area contributed by atoms with Crippen molar-refractivity contribution in [3.8, 4) is 11.5 Å². The number of rotatable bonds is 32. The number of nitrogens with zero attached hydrogens (tertiary/aromatic N) is 2. The summed E-state index contributed by atoms with van der Waals surface area (Å²) in [7, 11) is 1.54. The smallest absolute Gasteiger partial charge is 0.330 e. The number of aryl methyl sites for hydroxylation is 1. The lowest BCUT2D eigenvalue weighted by Gasteiger charge is -2.44. The zero-order valence-corrected chi connectivity index (χ0v) is 50.4. The highest BCUT2D eigenvalue weighted by Crippen LogP contribution is 2.50. The average molecular weight is 1200 g/mol. The SMILES string of the molecule is COc1ccc(C(OC[C@@H]2O[C@H](n3cc(C)c(=O)[nH]c3=O)C(F)C2OP(CCOCCOCCOCCO[C@@H]2O[C@H](COC(C)=O)[C@H](OC(C)=O)[C@H](OC(C)=O)[C@@H]2NC(C)=O)N(C(C)C)C(C)C)(c2ccccc2)c2ccc(OC)cc2)cc1. The Balaban J connectivity index is 1.12. The molecule has 6 rings (SSSR count). The van der Waals surface area contributed by atoms with Gasteiger partial charge in [0.2, 0.25) is 5.91 Å². The zero-order chi connectivity index (χ0) is 61.1. The van der Waals surface area contributed by atoms with E-state index in [-0.39, 0.29) is 77.1 Å². The van der Waals surface area contributed by atoms with Gasteiger partial charge in [0.05, 0.1) is 67.1 Å². The second-order valence-corrected chi connectivity index (χ2v) is 22.3. The van der Waals surface area contributed by atoms with Crippen molar-refractivity contribution in [2.45, 2.75) is 135 Å². The van der Waals surface area contributed by atoms with Gasteiger partial charge in [-0.25, -0.2) is 9.18 Å². The molecule has 2 aliphatic rings. The van der Waals surface area contributed by atoms with E-state index in [4.69, 9.17) is 61.4 Å². The fourth-order valence-electron chi connectivity index (χ4n) is 10.1. The highest BCUT2D eigenvalue weighted by molar-refractivity contribution is 7.50. The molecule has 84 heavy (non-hydrogen) atoms. The number of hydrogen-bond donors (Lipinski definition) is 2. The van der Waals surface area contributed by atoms with Gasteiger partial charge in [-0.05, 0) is 75.6 Å². The van der Waals surface area contributed by atoms with Gasteiger partial charge in [0.15, 0.2) is 30.9 Å². The van der Waals surface area contributed by atoms with Crippen molar-refractivity contribution in [2.75, 3.05) is 79.8 Å². The van der Waals surface area contributed by atoms with Crippen LogP contribution in [0.3, 0.4) is 0 Å². The number of benzene rings is 3. The Bertz CT molecular complexity index is 2790. The number of nitrogens with one attached hydrogen (secondary N) is 2. The average Bonchev–Trinajstić information content (AvgIpc) is 1.45. The van der Waals surface area contributed by atoms with Gasteiger partial charge >= 0.3 is 23.6 Å². The molecule has 4 aromatic rings. The largest absolute Gasteiger partial charge is 0.497 e. The molecule has 25 heteroatoms.